The molecule has 0 bridgehead atoms. The smallest absolute Gasteiger partial charge is 0.258 e. The number of hydrogen-bond donors (Lipinski definition) is 0. The number of tetrazole rings is 1. The van der Waals surface area contributed by atoms with Gasteiger partial charge in [0.25, 0.3) is 5.91 Å². The molecule has 0 saturated carbocycles. The molecule has 0 spiro atoms. The first-order chi connectivity index (χ1) is 11.5. The fraction of sp³-hybridized carbons (Fsp3) is 0.222. The van der Waals surface area contributed by atoms with Gasteiger partial charge in [0.1, 0.15) is 6.33 Å². The Hall–Kier alpha value is -3.02. The molecule has 0 fully saturated rings. The first-order valence-corrected chi connectivity index (χ1v) is 7.66. The molecule has 3 rings (SSSR count). The normalized spacial score (nSPS) is 10.7. The summed E-state index contributed by atoms with van der Waals surface area (Å²) in [4.78, 5) is 14.5. The van der Waals surface area contributed by atoms with Crippen molar-refractivity contribution >= 4 is 11.6 Å². The number of carbonyl (C=O) groups excluding carboxylic acids is 1. The first-order valence-electron chi connectivity index (χ1n) is 7.66. The number of aromatic nitrogens is 4. The Kier molecular flexibility index (Phi) is 4.12. The van der Waals surface area contributed by atoms with Crippen LogP contribution in [0.2, 0.25) is 0 Å². The lowest BCUT2D eigenvalue weighted by Gasteiger charge is -2.19. The van der Waals surface area contributed by atoms with Gasteiger partial charge in [-0.15, -0.1) is 5.10 Å². The molecule has 0 unspecified atom stereocenters. The van der Waals surface area contributed by atoms with Gasteiger partial charge < -0.3 is 4.90 Å². The quantitative estimate of drug-likeness (QED) is 0.744. The van der Waals surface area contributed by atoms with E-state index in [0.29, 0.717) is 5.56 Å². The summed E-state index contributed by atoms with van der Waals surface area (Å²) in [5, 5.41) is 11.2. The van der Waals surface area contributed by atoms with E-state index in [0.717, 1.165) is 28.1 Å². The SMILES string of the molecule is Cc1cc(C)cc(N(C)C(=O)c2ccc(-n3cnnn3)c(C)c2)c1. The molecule has 0 aliphatic heterocycles. The zero-order valence-electron chi connectivity index (χ0n) is 14.2. The Morgan fingerprint density at radius 2 is 1.75 bits per heavy atom. The Labute approximate surface area is 140 Å². The molecule has 1 amide bonds. The van der Waals surface area contributed by atoms with E-state index in [-0.39, 0.29) is 5.91 Å². The minimum absolute atomic E-state index is 0.0497. The molecule has 0 N–H and O–H groups in total. The summed E-state index contributed by atoms with van der Waals surface area (Å²) in [6.45, 7) is 5.99. The lowest BCUT2D eigenvalue weighted by Crippen LogP contribution is -2.26. The standard InChI is InChI=1S/C18H19N5O/c1-12-7-13(2)9-16(8-12)22(4)18(24)15-5-6-17(14(3)10-15)23-11-19-20-21-23/h5-11H,1-4H3. The number of carbonyl (C=O) groups is 1. The molecule has 24 heavy (non-hydrogen) atoms. The summed E-state index contributed by atoms with van der Waals surface area (Å²) in [7, 11) is 1.79. The van der Waals surface area contributed by atoms with Gasteiger partial charge in [-0.1, -0.05) is 6.07 Å². The third kappa shape index (κ3) is 3.03. The molecule has 0 atom stereocenters. The van der Waals surface area contributed by atoms with Gasteiger partial charge in [0.15, 0.2) is 0 Å². The Bertz CT molecular complexity index is 866. The molecule has 122 valence electrons. The topological polar surface area (TPSA) is 63.9 Å². The number of rotatable bonds is 3. The van der Waals surface area contributed by atoms with Crippen LogP contribution in [0.3, 0.4) is 0 Å². The zero-order valence-corrected chi connectivity index (χ0v) is 14.2. The maximum atomic E-state index is 12.8. The average molecular weight is 321 g/mol. The van der Waals surface area contributed by atoms with Crippen LogP contribution in [0.15, 0.2) is 42.7 Å². The van der Waals surface area contributed by atoms with Crippen LogP contribution in [0.25, 0.3) is 5.69 Å². The highest BCUT2D eigenvalue weighted by Gasteiger charge is 2.15. The fourth-order valence-corrected chi connectivity index (χ4v) is 2.77. The second-order valence-electron chi connectivity index (χ2n) is 5.97. The summed E-state index contributed by atoms with van der Waals surface area (Å²) in [5.41, 5.74) is 5.57. The van der Waals surface area contributed by atoms with Gasteiger partial charge in [0.2, 0.25) is 0 Å². The average Bonchev–Trinajstić information content (AvgIpc) is 3.06. The second-order valence-corrected chi connectivity index (χ2v) is 5.97. The number of amides is 1. The fourth-order valence-electron chi connectivity index (χ4n) is 2.77. The number of nitrogens with zero attached hydrogens (tertiary/aromatic N) is 5. The molecular weight excluding hydrogens is 302 g/mol. The van der Waals surface area contributed by atoms with E-state index in [2.05, 4.69) is 21.6 Å². The highest BCUT2D eigenvalue weighted by molar-refractivity contribution is 6.06. The molecule has 0 radical (unpaired) electrons. The first kappa shape index (κ1) is 15.9. The van der Waals surface area contributed by atoms with Gasteiger partial charge in [0.05, 0.1) is 5.69 Å². The van der Waals surface area contributed by atoms with Crippen molar-refractivity contribution in [2.45, 2.75) is 20.8 Å². The Morgan fingerprint density at radius 3 is 2.33 bits per heavy atom. The Morgan fingerprint density at radius 1 is 1.04 bits per heavy atom. The number of benzene rings is 2. The lowest BCUT2D eigenvalue weighted by atomic mass is 10.1. The summed E-state index contributed by atoms with van der Waals surface area (Å²) in [5.74, 6) is -0.0497. The summed E-state index contributed by atoms with van der Waals surface area (Å²) < 4.78 is 1.58. The van der Waals surface area contributed by atoms with Gasteiger partial charge in [-0.05, 0) is 78.2 Å². The molecule has 6 heteroatoms. The number of aryl methyl sites for hydroxylation is 3. The van der Waals surface area contributed by atoms with E-state index in [1.54, 1.807) is 22.7 Å². The van der Waals surface area contributed by atoms with Crippen molar-refractivity contribution < 1.29 is 4.79 Å². The zero-order chi connectivity index (χ0) is 17.3. The van der Waals surface area contributed by atoms with Crippen LogP contribution in [0.5, 0.6) is 0 Å². The molecule has 6 nitrogen and oxygen atoms in total. The van der Waals surface area contributed by atoms with Gasteiger partial charge in [0, 0.05) is 18.3 Å². The molecule has 1 heterocycles. The third-order valence-electron chi connectivity index (χ3n) is 3.94. The van der Waals surface area contributed by atoms with Crippen LogP contribution in [0.4, 0.5) is 5.69 Å². The van der Waals surface area contributed by atoms with E-state index < -0.39 is 0 Å². The van der Waals surface area contributed by atoms with Crippen LogP contribution in [0.1, 0.15) is 27.0 Å². The molecule has 0 saturated heterocycles. The number of anilines is 1. The van der Waals surface area contributed by atoms with Crippen LogP contribution in [-0.2, 0) is 0 Å². The summed E-state index contributed by atoms with van der Waals surface area (Å²) >= 11 is 0. The minimum atomic E-state index is -0.0497. The molecule has 3 aromatic rings. The van der Waals surface area contributed by atoms with E-state index in [1.807, 2.05) is 45.0 Å². The van der Waals surface area contributed by atoms with Crippen molar-refractivity contribution in [1.82, 2.24) is 20.2 Å². The van der Waals surface area contributed by atoms with E-state index in [4.69, 9.17) is 0 Å². The second kappa shape index (κ2) is 6.23. The maximum Gasteiger partial charge on any atom is 0.258 e. The molecular formula is C18H19N5O. The van der Waals surface area contributed by atoms with Crippen molar-refractivity contribution in [2.24, 2.45) is 0 Å². The minimum Gasteiger partial charge on any atom is -0.311 e. The molecule has 2 aromatic carbocycles. The maximum absolute atomic E-state index is 12.8. The van der Waals surface area contributed by atoms with Crippen molar-refractivity contribution in [2.75, 3.05) is 11.9 Å². The third-order valence-corrected chi connectivity index (χ3v) is 3.94. The summed E-state index contributed by atoms with van der Waals surface area (Å²) in [6, 6.07) is 11.6. The van der Waals surface area contributed by atoms with Crippen molar-refractivity contribution in [1.29, 1.82) is 0 Å². The van der Waals surface area contributed by atoms with Crippen molar-refractivity contribution in [3.63, 3.8) is 0 Å². The van der Waals surface area contributed by atoms with E-state index >= 15 is 0 Å². The largest absolute Gasteiger partial charge is 0.311 e. The van der Waals surface area contributed by atoms with Crippen molar-refractivity contribution in [3.05, 3.63) is 65.0 Å². The highest BCUT2D eigenvalue weighted by Crippen LogP contribution is 2.21. The van der Waals surface area contributed by atoms with Gasteiger partial charge >= 0.3 is 0 Å². The van der Waals surface area contributed by atoms with Crippen LogP contribution in [0, 0.1) is 20.8 Å². The molecule has 1 aromatic heterocycles. The van der Waals surface area contributed by atoms with E-state index in [1.165, 1.54) is 6.33 Å². The predicted octanol–water partition coefficient (Wildman–Crippen LogP) is 2.86. The number of hydrogen-bond acceptors (Lipinski definition) is 4. The van der Waals surface area contributed by atoms with Crippen LogP contribution < -0.4 is 4.90 Å². The molecule has 0 aliphatic rings. The Balaban J connectivity index is 1.91. The van der Waals surface area contributed by atoms with Crippen molar-refractivity contribution in [3.8, 4) is 5.69 Å². The van der Waals surface area contributed by atoms with Gasteiger partial charge in [-0.25, -0.2) is 4.68 Å². The monoisotopic (exact) mass is 321 g/mol. The highest BCUT2D eigenvalue weighted by atomic mass is 16.2. The summed E-state index contributed by atoms with van der Waals surface area (Å²) in [6.07, 6.45) is 1.53. The lowest BCUT2D eigenvalue weighted by molar-refractivity contribution is 0.0993. The van der Waals surface area contributed by atoms with Gasteiger partial charge in [-0.2, -0.15) is 0 Å². The van der Waals surface area contributed by atoms with Crippen LogP contribution >= 0.6 is 0 Å². The van der Waals surface area contributed by atoms with Gasteiger partial charge in [-0.3, -0.25) is 4.79 Å². The molecule has 0 aliphatic carbocycles. The predicted molar refractivity (Wildman–Crippen MR) is 92.5 cm³/mol. The van der Waals surface area contributed by atoms with E-state index in [9.17, 15) is 4.79 Å². The van der Waals surface area contributed by atoms with Crippen LogP contribution in [-0.4, -0.2) is 33.2 Å².